The maximum atomic E-state index is 13.3. The molecule has 1 aliphatic heterocycles. The zero-order chi connectivity index (χ0) is 22.2. The van der Waals surface area contributed by atoms with Crippen molar-refractivity contribution in [2.45, 2.75) is 50.3 Å². The topological polar surface area (TPSA) is 90.2 Å². The van der Waals surface area contributed by atoms with E-state index in [0.29, 0.717) is 12.8 Å². The van der Waals surface area contributed by atoms with Crippen LogP contribution < -0.4 is 0 Å². The molecular formula is C24H27FO5S. The van der Waals surface area contributed by atoms with E-state index in [1.165, 1.54) is 12.1 Å². The highest BCUT2D eigenvalue weighted by Crippen LogP contribution is 2.47. The summed E-state index contributed by atoms with van der Waals surface area (Å²) in [4.78, 5) is 2.06. The molecule has 2 unspecified atom stereocenters. The summed E-state index contributed by atoms with van der Waals surface area (Å²) in [5, 5.41) is 41.1. The fourth-order valence-corrected chi connectivity index (χ4v) is 5.72. The van der Waals surface area contributed by atoms with Gasteiger partial charge in [0.1, 0.15) is 30.2 Å². The molecule has 31 heavy (non-hydrogen) atoms. The number of benzene rings is 1. The minimum Gasteiger partial charge on any atom is -0.394 e. The Morgan fingerprint density at radius 2 is 1.81 bits per heavy atom. The molecule has 1 aliphatic carbocycles. The molecule has 166 valence electrons. The fraction of sp³-hybridized carbons (Fsp3) is 0.417. The van der Waals surface area contributed by atoms with E-state index >= 15 is 0 Å². The molecule has 2 heterocycles. The van der Waals surface area contributed by atoms with Crippen molar-refractivity contribution in [3.05, 3.63) is 70.9 Å². The first-order chi connectivity index (χ1) is 14.9. The molecule has 0 bridgehead atoms. The molecule has 0 spiro atoms. The van der Waals surface area contributed by atoms with Gasteiger partial charge in [-0.2, -0.15) is 0 Å². The van der Waals surface area contributed by atoms with Crippen LogP contribution >= 0.6 is 11.3 Å². The van der Waals surface area contributed by atoms with Gasteiger partial charge in [0.2, 0.25) is 0 Å². The van der Waals surface area contributed by atoms with Crippen LogP contribution in [0, 0.1) is 11.2 Å². The molecule has 2 aliphatic rings. The van der Waals surface area contributed by atoms with Crippen molar-refractivity contribution in [3.8, 4) is 10.4 Å². The van der Waals surface area contributed by atoms with E-state index in [1.807, 2.05) is 37.3 Å². The Morgan fingerprint density at radius 3 is 2.48 bits per heavy atom. The van der Waals surface area contributed by atoms with Gasteiger partial charge in [0.05, 0.1) is 12.7 Å². The zero-order valence-corrected chi connectivity index (χ0v) is 18.0. The third-order valence-corrected chi connectivity index (χ3v) is 7.60. The second-order valence-corrected chi connectivity index (χ2v) is 9.51. The standard InChI is InChI=1S/C24H27FO5S/c1-14-4-2-3-11-24(14,23-22(29)21(28)20(27)18(13-26)30-23)12-17-9-10-19(31-17)15-5-7-16(25)8-6-15/h2-10,18,20-23,26-29H,11-13H2,1H3/t18-,20-,21+,22-,23?,24?/m1/s1. The summed E-state index contributed by atoms with van der Waals surface area (Å²) in [6.07, 6.45) is 1.21. The van der Waals surface area contributed by atoms with E-state index in [4.69, 9.17) is 4.74 Å². The minimum absolute atomic E-state index is 0.281. The van der Waals surface area contributed by atoms with Crippen molar-refractivity contribution < 1.29 is 29.6 Å². The molecule has 0 radical (unpaired) electrons. The van der Waals surface area contributed by atoms with Crippen molar-refractivity contribution >= 4 is 11.3 Å². The summed E-state index contributed by atoms with van der Waals surface area (Å²) >= 11 is 1.59. The summed E-state index contributed by atoms with van der Waals surface area (Å²) in [7, 11) is 0. The Hall–Kier alpha value is -1.87. The van der Waals surface area contributed by atoms with Crippen LogP contribution in [0.5, 0.6) is 0 Å². The molecule has 4 rings (SSSR count). The molecule has 1 aromatic carbocycles. The van der Waals surface area contributed by atoms with Crippen molar-refractivity contribution in [1.82, 2.24) is 0 Å². The van der Waals surface area contributed by atoms with E-state index < -0.39 is 42.5 Å². The number of thiophene rings is 1. The lowest BCUT2D eigenvalue weighted by Crippen LogP contribution is -2.63. The van der Waals surface area contributed by atoms with Crippen molar-refractivity contribution in [3.63, 3.8) is 0 Å². The van der Waals surface area contributed by atoms with Crippen LogP contribution in [0.4, 0.5) is 4.39 Å². The summed E-state index contributed by atoms with van der Waals surface area (Å²) in [5.74, 6) is -0.281. The Morgan fingerprint density at radius 1 is 1.06 bits per heavy atom. The summed E-state index contributed by atoms with van der Waals surface area (Å²) < 4.78 is 19.3. The number of hydrogen-bond donors (Lipinski definition) is 4. The molecule has 1 aromatic heterocycles. The van der Waals surface area contributed by atoms with Crippen LogP contribution in [0.1, 0.15) is 18.2 Å². The van der Waals surface area contributed by atoms with Crippen LogP contribution in [0.2, 0.25) is 0 Å². The van der Waals surface area contributed by atoms with Gasteiger partial charge in [0.25, 0.3) is 0 Å². The minimum atomic E-state index is -1.41. The summed E-state index contributed by atoms with van der Waals surface area (Å²) in [6.45, 7) is 1.52. The van der Waals surface area contributed by atoms with Crippen LogP contribution in [-0.4, -0.2) is 57.6 Å². The van der Waals surface area contributed by atoms with Crippen molar-refractivity contribution in [1.29, 1.82) is 0 Å². The second-order valence-electron chi connectivity index (χ2n) is 8.34. The van der Waals surface area contributed by atoms with Gasteiger partial charge in [0.15, 0.2) is 0 Å². The molecule has 0 amide bonds. The van der Waals surface area contributed by atoms with Gasteiger partial charge >= 0.3 is 0 Å². The Bertz CT molecular complexity index is 967. The van der Waals surface area contributed by atoms with Gasteiger partial charge in [-0.1, -0.05) is 35.9 Å². The highest BCUT2D eigenvalue weighted by molar-refractivity contribution is 7.15. The smallest absolute Gasteiger partial charge is 0.123 e. The third kappa shape index (κ3) is 4.14. The third-order valence-electron chi connectivity index (χ3n) is 6.47. The van der Waals surface area contributed by atoms with Crippen molar-refractivity contribution in [2.75, 3.05) is 6.61 Å². The quantitative estimate of drug-likeness (QED) is 0.567. The van der Waals surface area contributed by atoms with E-state index in [1.54, 1.807) is 23.5 Å². The highest BCUT2D eigenvalue weighted by Gasteiger charge is 2.53. The molecule has 7 heteroatoms. The lowest BCUT2D eigenvalue weighted by Gasteiger charge is -2.50. The van der Waals surface area contributed by atoms with Crippen LogP contribution in [0.15, 0.2) is 60.2 Å². The lowest BCUT2D eigenvalue weighted by atomic mass is 9.65. The van der Waals surface area contributed by atoms with Gasteiger partial charge in [-0.3, -0.25) is 0 Å². The number of hydrogen-bond acceptors (Lipinski definition) is 6. The SMILES string of the molecule is CC1=CC=CCC1(Cc1ccc(-c2ccc(F)cc2)s1)C1O[C@H](CO)[C@@H](O)[C@H](O)[C@H]1O. The number of aliphatic hydroxyl groups is 4. The maximum Gasteiger partial charge on any atom is 0.123 e. The molecule has 0 saturated carbocycles. The van der Waals surface area contributed by atoms with Gasteiger partial charge in [0, 0.05) is 15.2 Å². The first-order valence-corrected chi connectivity index (χ1v) is 11.2. The highest BCUT2D eigenvalue weighted by atomic mass is 32.1. The van der Waals surface area contributed by atoms with Gasteiger partial charge in [-0.15, -0.1) is 11.3 Å². The number of rotatable bonds is 5. The summed E-state index contributed by atoms with van der Waals surface area (Å²) in [6, 6.07) is 10.4. The van der Waals surface area contributed by atoms with E-state index in [-0.39, 0.29) is 5.82 Å². The Balaban J connectivity index is 1.67. The monoisotopic (exact) mass is 446 g/mol. The predicted molar refractivity (Wildman–Crippen MR) is 117 cm³/mol. The Kier molecular flexibility index (Phi) is 6.44. The zero-order valence-electron chi connectivity index (χ0n) is 17.2. The second kappa shape index (κ2) is 8.94. The molecule has 2 aromatic rings. The maximum absolute atomic E-state index is 13.3. The summed E-state index contributed by atoms with van der Waals surface area (Å²) in [5.41, 5.74) is 1.28. The molecule has 4 N–H and O–H groups in total. The molecular weight excluding hydrogens is 419 g/mol. The first-order valence-electron chi connectivity index (χ1n) is 10.3. The van der Waals surface area contributed by atoms with E-state index in [2.05, 4.69) is 0 Å². The molecule has 6 atom stereocenters. The number of halogens is 1. The van der Waals surface area contributed by atoms with Crippen LogP contribution in [0.3, 0.4) is 0 Å². The van der Waals surface area contributed by atoms with E-state index in [0.717, 1.165) is 20.9 Å². The molecule has 1 saturated heterocycles. The fourth-order valence-electron chi connectivity index (χ4n) is 4.58. The molecule has 1 fully saturated rings. The Labute approximate surface area is 184 Å². The van der Waals surface area contributed by atoms with Crippen molar-refractivity contribution in [2.24, 2.45) is 5.41 Å². The largest absolute Gasteiger partial charge is 0.394 e. The predicted octanol–water partition coefficient (Wildman–Crippen LogP) is 2.83. The number of ether oxygens (including phenoxy) is 1. The molecule has 5 nitrogen and oxygen atoms in total. The number of allylic oxidation sites excluding steroid dienone is 3. The van der Waals surface area contributed by atoms with Gasteiger partial charge in [-0.05, 0) is 49.6 Å². The average molecular weight is 447 g/mol. The first kappa shape index (κ1) is 22.3. The average Bonchev–Trinajstić information content (AvgIpc) is 3.23. The van der Waals surface area contributed by atoms with Gasteiger partial charge in [-0.25, -0.2) is 4.39 Å². The number of aliphatic hydroxyl groups excluding tert-OH is 4. The normalized spacial score (nSPS) is 33.4. The van der Waals surface area contributed by atoms with E-state index in [9.17, 15) is 24.8 Å². The van der Waals surface area contributed by atoms with Crippen LogP contribution in [0.25, 0.3) is 10.4 Å². The lowest BCUT2D eigenvalue weighted by molar-refractivity contribution is -0.251. The van der Waals surface area contributed by atoms with Gasteiger partial charge < -0.3 is 25.2 Å². The van der Waals surface area contributed by atoms with Crippen LogP contribution in [-0.2, 0) is 11.2 Å².